The first-order chi connectivity index (χ1) is 9.76. The van der Waals surface area contributed by atoms with Crippen molar-refractivity contribution in [3.63, 3.8) is 0 Å². The molecule has 8 heteroatoms. The van der Waals surface area contributed by atoms with Crippen LogP contribution in [-0.4, -0.2) is 45.2 Å². The van der Waals surface area contributed by atoms with E-state index in [0.29, 0.717) is 11.4 Å². The van der Waals surface area contributed by atoms with Crippen LogP contribution in [0.15, 0.2) is 41.8 Å². The topological polar surface area (TPSA) is 71.5 Å². The van der Waals surface area contributed by atoms with E-state index in [2.05, 4.69) is 6.58 Å². The number of sulfonamides is 1. The number of halogens is 1. The average molecular weight is 350 g/mol. The van der Waals surface area contributed by atoms with Gasteiger partial charge in [0.2, 0.25) is 10.0 Å². The molecule has 21 heavy (non-hydrogen) atoms. The molecule has 116 valence electrons. The summed E-state index contributed by atoms with van der Waals surface area (Å²) >= 11 is 5.76. The normalized spacial score (nSPS) is 21.5. The van der Waals surface area contributed by atoms with Gasteiger partial charge in [-0.15, -0.1) is 6.58 Å². The van der Waals surface area contributed by atoms with Gasteiger partial charge in [-0.1, -0.05) is 17.7 Å². The smallest absolute Gasteiger partial charge is 0.229 e. The number of hydrogen-bond acceptors (Lipinski definition) is 4. The van der Waals surface area contributed by atoms with Crippen LogP contribution in [0.4, 0.5) is 0 Å². The van der Waals surface area contributed by atoms with Crippen molar-refractivity contribution in [3.8, 4) is 0 Å². The van der Waals surface area contributed by atoms with Gasteiger partial charge >= 0.3 is 0 Å². The largest absolute Gasteiger partial charge is 0.243 e. The molecule has 0 saturated carbocycles. The molecule has 0 unspecified atom stereocenters. The van der Waals surface area contributed by atoms with Crippen molar-refractivity contribution >= 4 is 31.5 Å². The van der Waals surface area contributed by atoms with E-state index < -0.39 is 25.9 Å². The molecule has 1 fully saturated rings. The summed E-state index contributed by atoms with van der Waals surface area (Å²) in [5.41, 5.74) is 0. The summed E-state index contributed by atoms with van der Waals surface area (Å²) in [7, 11) is -6.94. The molecule has 0 aliphatic carbocycles. The SMILES string of the molecule is C=CCN([C@H]1CCS(=O)(=O)C1)S(=O)(=O)c1ccc(Cl)cc1. The molecule has 1 aliphatic rings. The summed E-state index contributed by atoms with van der Waals surface area (Å²) in [5, 5.41) is 0.438. The van der Waals surface area contributed by atoms with Crippen LogP contribution in [0.25, 0.3) is 0 Å². The van der Waals surface area contributed by atoms with Gasteiger partial charge in [-0.3, -0.25) is 0 Å². The van der Waals surface area contributed by atoms with Crippen LogP contribution in [0.2, 0.25) is 5.02 Å². The van der Waals surface area contributed by atoms with Crippen molar-refractivity contribution in [2.24, 2.45) is 0 Å². The Labute approximate surface area is 130 Å². The lowest BCUT2D eigenvalue weighted by Crippen LogP contribution is -2.41. The third-order valence-electron chi connectivity index (χ3n) is 3.34. The third-order valence-corrected chi connectivity index (χ3v) is 7.28. The molecule has 0 amide bonds. The molecule has 0 radical (unpaired) electrons. The summed E-state index contributed by atoms with van der Waals surface area (Å²) in [5.74, 6) is -0.130. The zero-order chi connectivity index (χ0) is 15.7. The first kappa shape index (κ1) is 16.5. The highest BCUT2D eigenvalue weighted by Gasteiger charge is 2.38. The van der Waals surface area contributed by atoms with Gasteiger partial charge in [0.15, 0.2) is 9.84 Å². The van der Waals surface area contributed by atoms with E-state index in [1.807, 2.05) is 0 Å². The number of hydrogen-bond donors (Lipinski definition) is 0. The average Bonchev–Trinajstić information content (AvgIpc) is 2.76. The second-order valence-electron chi connectivity index (χ2n) is 4.87. The molecule has 1 aliphatic heterocycles. The first-order valence-electron chi connectivity index (χ1n) is 6.35. The highest BCUT2D eigenvalue weighted by Crippen LogP contribution is 2.25. The summed E-state index contributed by atoms with van der Waals surface area (Å²) in [6, 6.07) is 5.26. The molecule has 2 rings (SSSR count). The highest BCUT2D eigenvalue weighted by atomic mass is 35.5. The predicted molar refractivity (Wildman–Crippen MR) is 82.6 cm³/mol. The Kier molecular flexibility index (Phi) is 4.77. The maximum atomic E-state index is 12.7. The quantitative estimate of drug-likeness (QED) is 0.758. The maximum absolute atomic E-state index is 12.7. The number of rotatable bonds is 5. The van der Waals surface area contributed by atoms with Gasteiger partial charge in [-0.05, 0) is 30.7 Å². The lowest BCUT2D eigenvalue weighted by atomic mass is 10.2. The van der Waals surface area contributed by atoms with Gasteiger partial charge in [0.25, 0.3) is 0 Å². The Balaban J connectivity index is 2.37. The summed E-state index contributed by atoms with van der Waals surface area (Å²) in [6.07, 6.45) is 1.77. The van der Waals surface area contributed by atoms with Crippen molar-refractivity contribution in [3.05, 3.63) is 41.9 Å². The fourth-order valence-electron chi connectivity index (χ4n) is 2.32. The van der Waals surface area contributed by atoms with Crippen molar-refractivity contribution in [2.45, 2.75) is 17.4 Å². The predicted octanol–water partition coefficient (Wildman–Crippen LogP) is 1.70. The second kappa shape index (κ2) is 6.08. The molecule has 1 atom stereocenters. The van der Waals surface area contributed by atoms with Crippen molar-refractivity contribution < 1.29 is 16.8 Å². The van der Waals surface area contributed by atoms with Crippen molar-refractivity contribution in [1.29, 1.82) is 0 Å². The maximum Gasteiger partial charge on any atom is 0.243 e. The molecular formula is C13H16ClNO4S2. The highest BCUT2D eigenvalue weighted by molar-refractivity contribution is 7.92. The Hall–Kier alpha value is -0.890. The summed E-state index contributed by atoms with van der Waals surface area (Å²) in [4.78, 5) is 0.0954. The molecule has 1 saturated heterocycles. The van der Waals surface area contributed by atoms with E-state index in [0.717, 1.165) is 0 Å². The van der Waals surface area contributed by atoms with Crippen LogP contribution in [-0.2, 0) is 19.9 Å². The van der Waals surface area contributed by atoms with E-state index in [1.165, 1.54) is 34.6 Å². The van der Waals surface area contributed by atoms with E-state index >= 15 is 0 Å². The summed E-state index contributed by atoms with van der Waals surface area (Å²) in [6.45, 7) is 3.63. The molecule has 1 aromatic rings. The third kappa shape index (κ3) is 3.66. The first-order valence-corrected chi connectivity index (χ1v) is 9.99. The molecule has 0 N–H and O–H groups in total. The molecule has 1 aromatic carbocycles. The zero-order valence-corrected chi connectivity index (χ0v) is 13.7. The van der Waals surface area contributed by atoms with E-state index in [4.69, 9.17) is 11.6 Å². The molecule has 5 nitrogen and oxygen atoms in total. The minimum atomic E-state index is -3.77. The van der Waals surface area contributed by atoms with Gasteiger partial charge < -0.3 is 0 Å². The van der Waals surface area contributed by atoms with Crippen LogP contribution in [0, 0.1) is 0 Å². The van der Waals surface area contributed by atoms with Gasteiger partial charge in [0.1, 0.15) is 0 Å². The molecule has 1 heterocycles. The van der Waals surface area contributed by atoms with Crippen LogP contribution in [0.5, 0.6) is 0 Å². The van der Waals surface area contributed by atoms with E-state index in [1.54, 1.807) is 0 Å². The minimum absolute atomic E-state index is 0.0153. The zero-order valence-electron chi connectivity index (χ0n) is 11.3. The van der Waals surface area contributed by atoms with Crippen LogP contribution < -0.4 is 0 Å². The van der Waals surface area contributed by atoms with Crippen LogP contribution >= 0.6 is 11.6 Å². The Morgan fingerprint density at radius 2 is 1.95 bits per heavy atom. The van der Waals surface area contributed by atoms with Gasteiger partial charge in [-0.2, -0.15) is 4.31 Å². The minimum Gasteiger partial charge on any atom is -0.229 e. The van der Waals surface area contributed by atoms with Gasteiger partial charge in [-0.25, -0.2) is 16.8 Å². The number of benzene rings is 1. The standard InChI is InChI=1S/C13H16ClNO4S2/c1-2-8-15(12-7-9-20(16,17)10-12)21(18,19)13-5-3-11(14)4-6-13/h2-6,12H,1,7-10H2/t12-/m0/s1. The van der Waals surface area contributed by atoms with Crippen LogP contribution in [0.3, 0.4) is 0 Å². The molecular weight excluding hydrogens is 334 g/mol. The van der Waals surface area contributed by atoms with Gasteiger partial charge in [0, 0.05) is 17.6 Å². The van der Waals surface area contributed by atoms with Crippen LogP contribution in [0.1, 0.15) is 6.42 Å². The van der Waals surface area contributed by atoms with Gasteiger partial charge in [0.05, 0.1) is 16.4 Å². The van der Waals surface area contributed by atoms with Crippen molar-refractivity contribution in [1.82, 2.24) is 4.31 Å². The van der Waals surface area contributed by atoms with E-state index in [-0.39, 0.29) is 22.9 Å². The fraction of sp³-hybridized carbons (Fsp3) is 0.385. The molecule has 0 bridgehead atoms. The lowest BCUT2D eigenvalue weighted by molar-refractivity contribution is 0.367. The number of sulfone groups is 1. The lowest BCUT2D eigenvalue weighted by Gasteiger charge is -2.26. The second-order valence-corrected chi connectivity index (χ2v) is 9.43. The molecule has 0 aromatic heterocycles. The number of nitrogens with zero attached hydrogens (tertiary/aromatic N) is 1. The summed E-state index contributed by atoms with van der Waals surface area (Å²) < 4.78 is 49.7. The Bertz CT molecular complexity index is 726. The Morgan fingerprint density at radius 3 is 2.43 bits per heavy atom. The van der Waals surface area contributed by atoms with E-state index in [9.17, 15) is 16.8 Å². The monoisotopic (exact) mass is 349 g/mol. The molecule has 0 spiro atoms. The Morgan fingerprint density at radius 1 is 1.33 bits per heavy atom. The van der Waals surface area contributed by atoms with Crippen molar-refractivity contribution in [2.75, 3.05) is 18.1 Å². The fourth-order valence-corrected chi connectivity index (χ4v) is 5.89.